The quantitative estimate of drug-likeness (QED) is 0.521. The molecule has 1 amide bonds. The minimum absolute atomic E-state index is 0.750. The smallest absolute Gasteiger partial charge is 0.224 e. The van der Waals surface area contributed by atoms with Crippen LogP contribution in [0.1, 0.15) is 31.4 Å². The highest BCUT2D eigenvalue weighted by Gasteiger charge is 2.10. The Morgan fingerprint density at radius 3 is 2.28 bits per heavy atom. The van der Waals surface area contributed by atoms with E-state index in [2.05, 4.69) is 50.0 Å². The fourth-order valence-corrected chi connectivity index (χ4v) is 1.99. The monoisotopic (exact) mass is 248 g/mol. The highest BCUT2D eigenvalue weighted by molar-refractivity contribution is 5.46. The molecule has 3 heteroatoms. The minimum Gasteiger partial charge on any atom is -0.278 e. The third kappa shape index (κ3) is 4.49. The number of carbonyl (C=O) groups excluding carboxylic acids is 1. The predicted molar refractivity (Wildman–Crippen MR) is 75.2 cm³/mol. The molecule has 100 valence electrons. The van der Waals surface area contributed by atoms with Crippen molar-refractivity contribution in [3.8, 4) is 0 Å². The summed E-state index contributed by atoms with van der Waals surface area (Å²) in [6.45, 7) is 8.86. The molecule has 0 N–H and O–H groups in total. The van der Waals surface area contributed by atoms with Gasteiger partial charge < -0.3 is 0 Å². The van der Waals surface area contributed by atoms with Gasteiger partial charge in [-0.15, -0.1) is 0 Å². The van der Waals surface area contributed by atoms with Gasteiger partial charge in [0.2, 0.25) is 6.41 Å². The Morgan fingerprint density at radius 1 is 1.11 bits per heavy atom. The molecule has 1 aromatic rings. The number of hydrogen-bond acceptors (Lipinski definition) is 2. The van der Waals surface area contributed by atoms with Crippen LogP contribution in [0, 0.1) is 6.92 Å². The number of nitrogens with zero attached hydrogens (tertiary/aromatic N) is 2. The first-order chi connectivity index (χ1) is 8.71. The summed E-state index contributed by atoms with van der Waals surface area (Å²) in [4.78, 5) is 11.1. The van der Waals surface area contributed by atoms with Gasteiger partial charge in [-0.05, 0) is 25.3 Å². The number of aryl methyl sites for hydroxylation is 1. The van der Waals surface area contributed by atoms with Crippen molar-refractivity contribution in [2.24, 2.45) is 0 Å². The van der Waals surface area contributed by atoms with Gasteiger partial charge in [-0.3, -0.25) is 9.80 Å². The van der Waals surface area contributed by atoms with Crippen LogP contribution in [0.4, 0.5) is 0 Å². The zero-order valence-electron chi connectivity index (χ0n) is 11.7. The average Bonchev–Trinajstić information content (AvgIpc) is 2.40. The molecular formula is C15H24N2O. The van der Waals surface area contributed by atoms with E-state index in [1.165, 1.54) is 11.1 Å². The molecule has 0 aromatic heterocycles. The van der Waals surface area contributed by atoms with Crippen LogP contribution >= 0.6 is 0 Å². The predicted octanol–water partition coefficient (Wildman–Crippen LogP) is 2.64. The number of benzene rings is 1. The molecule has 1 aromatic carbocycles. The number of rotatable bonds is 8. The van der Waals surface area contributed by atoms with E-state index in [1.807, 2.05) is 0 Å². The minimum atomic E-state index is 0.750. The van der Waals surface area contributed by atoms with Crippen LogP contribution in [0.5, 0.6) is 0 Å². The summed E-state index contributed by atoms with van der Waals surface area (Å²) >= 11 is 0. The van der Waals surface area contributed by atoms with E-state index in [-0.39, 0.29) is 0 Å². The van der Waals surface area contributed by atoms with Crippen LogP contribution in [-0.2, 0) is 11.2 Å². The van der Waals surface area contributed by atoms with E-state index < -0.39 is 0 Å². The maximum atomic E-state index is 11.1. The van der Waals surface area contributed by atoms with Crippen molar-refractivity contribution in [2.45, 2.75) is 33.6 Å². The second-order valence-corrected chi connectivity index (χ2v) is 4.55. The summed E-state index contributed by atoms with van der Waals surface area (Å²) < 4.78 is 0. The Bertz CT molecular complexity index is 348. The molecule has 0 fully saturated rings. The summed E-state index contributed by atoms with van der Waals surface area (Å²) in [7, 11) is 0. The SMILES string of the molecule is CCCN(CC)N(C=O)CCc1ccc(C)cc1. The van der Waals surface area contributed by atoms with Crippen LogP contribution < -0.4 is 0 Å². The molecule has 0 saturated heterocycles. The molecule has 0 aliphatic rings. The zero-order chi connectivity index (χ0) is 13.4. The van der Waals surface area contributed by atoms with Gasteiger partial charge in [0.15, 0.2) is 0 Å². The largest absolute Gasteiger partial charge is 0.278 e. The van der Waals surface area contributed by atoms with Crippen LogP contribution in [0.15, 0.2) is 24.3 Å². The molecular weight excluding hydrogens is 224 g/mol. The second-order valence-electron chi connectivity index (χ2n) is 4.55. The van der Waals surface area contributed by atoms with E-state index in [4.69, 9.17) is 0 Å². The third-order valence-electron chi connectivity index (χ3n) is 3.08. The Hall–Kier alpha value is -1.35. The maximum absolute atomic E-state index is 11.1. The van der Waals surface area contributed by atoms with E-state index >= 15 is 0 Å². The fraction of sp³-hybridized carbons (Fsp3) is 0.533. The first kappa shape index (κ1) is 14.7. The first-order valence-electron chi connectivity index (χ1n) is 6.73. The molecule has 18 heavy (non-hydrogen) atoms. The Labute approximate surface area is 110 Å². The van der Waals surface area contributed by atoms with Gasteiger partial charge in [0.25, 0.3) is 0 Å². The number of amides is 1. The average molecular weight is 248 g/mol. The molecule has 1 rings (SSSR count). The molecule has 0 aliphatic carbocycles. The van der Waals surface area contributed by atoms with Gasteiger partial charge >= 0.3 is 0 Å². The van der Waals surface area contributed by atoms with Crippen LogP contribution in [0.25, 0.3) is 0 Å². The summed E-state index contributed by atoms with van der Waals surface area (Å²) in [6.07, 6.45) is 2.90. The highest BCUT2D eigenvalue weighted by atomic mass is 16.1. The number of hydrogen-bond donors (Lipinski definition) is 0. The van der Waals surface area contributed by atoms with E-state index in [9.17, 15) is 4.79 Å². The summed E-state index contributed by atoms with van der Waals surface area (Å²) in [6, 6.07) is 8.50. The topological polar surface area (TPSA) is 23.6 Å². The van der Waals surface area contributed by atoms with Crippen molar-refractivity contribution >= 4 is 6.41 Å². The highest BCUT2D eigenvalue weighted by Crippen LogP contribution is 2.06. The second kappa shape index (κ2) is 7.88. The number of hydrazine groups is 1. The zero-order valence-corrected chi connectivity index (χ0v) is 11.7. The Morgan fingerprint density at radius 2 is 1.78 bits per heavy atom. The molecule has 0 spiro atoms. The van der Waals surface area contributed by atoms with Gasteiger partial charge in [0, 0.05) is 19.6 Å². The van der Waals surface area contributed by atoms with Crippen LogP contribution in [0.3, 0.4) is 0 Å². The lowest BCUT2D eigenvalue weighted by Gasteiger charge is -2.30. The fourth-order valence-electron chi connectivity index (χ4n) is 1.99. The number of carbonyl (C=O) groups is 1. The van der Waals surface area contributed by atoms with Crippen molar-refractivity contribution in [1.29, 1.82) is 0 Å². The molecule has 0 heterocycles. The molecule has 0 aliphatic heterocycles. The van der Waals surface area contributed by atoms with Gasteiger partial charge in [-0.25, -0.2) is 5.01 Å². The van der Waals surface area contributed by atoms with Gasteiger partial charge in [0.1, 0.15) is 0 Å². The molecule has 0 unspecified atom stereocenters. The first-order valence-corrected chi connectivity index (χ1v) is 6.73. The van der Waals surface area contributed by atoms with Gasteiger partial charge in [0.05, 0.1) is 0 Å². The molecule has 0 atom stereocenters. The molecule has 0 saturated carbocycles. The van der Waals surface area contributed by atoms with Crippen LogP contribution in [0.2, 0.25) is 0 Å². The van der Waals surface area contributed by atoms with Crippen molar-refractivity contribution in [2.75, 3.05) is 19.6 Å². The van der Waals surface area contributed by atoms with E-state index in [1.54, 1.807) is 5.01 Å². The van der Waals surface area contributed by atoms with Gasteiger partial charge in [-0.2, -0.15) is 0 Å². The Balaban J connectivity index is 2.52. The standard InChI is InChI=1S/C15H24N2O/c1-4-11-16(5-2)17(13-18)12-10-15-8-6-14(3)7-9-15/h6-9,13H,4-5,10-12H2,1-3H3. The lowest BCUT2D eigenvalue weighted by atomic mass is 10.1. The summed E-state index contributed by atoms with van der Waals surface area (Å²) in [5, 5.41) is 3.89. The third-order valence-corrected chi connectivity index (χ3v) is 3.08. The van der Waals surface area contributed by atoms with Crippen molar-refractivity contribution < 1.29 is 4.79 Å². The lowest BCUT2D eigenvalue weighted by molar-refractivity contribution is -0.134. The summed E-state index contributed by atoms with van der Waals surface area (Å²) in [5.41, 5.74) is 2.55. The maximum Gasteiger partial charge on any atom is 0.224 e. The van der Waals surface area contributed by atoms with Crippen molar-refractivity contribution in [3.05, 3.63) is 35.4 Å². The lowest BCUT2D eigenvalue weighted by Crippen LogP contribution is -2.43. The molecule has 0 radical (unpaired) electrons. The van der Waals surface area contributed by atoms with Gasteiger partial charge in [-0.1, -0.05) is 43.7 Å². The normalized spacial score (nSPS) is 10.7. The molecule has 0 bridgehead atoms. The molecule has 3 nitrogen and oxygen atoms in total. The van der Waals surface area contributed by atoms with Crippen LogP contribution in [-0.4, -0.2) is 36.1 Å². The van der Waals surface area contributed by atoms with Crippen molar-refractivity contribution in [3.63, 3.8) is 0 Å². The summed E-state index contributed by atoms with van der Waals surface area (Å²) in [5.74, 6) is 0. The Kier molecular flexibility index (Phi) is 6.44. The van der Waals surface area contributed by atoms with E-state index in [0.717, 1.165) is 38.9 Å². The van der Waals surface area contributed by atoms with E-state index in [0.29, 0.717) is 0 Å². The van der Waals surface area contributed by atoms with Crippen molar-refractivity contribution in [1.82, 2.24) is 10.0 Å².